The first-order valence-corrected chi connectivity index (χ1v) is 13.4. The van der Waals surface area contributed by atoms with Crippen molar-refractivity contribution in [2.45, 2.75) is 22.9 Å². The maximum absolute atomic E-state index is 6.08. The summed E-state index contributed by atoms with van der Waals surface area (Å²) in [7, 11) is 3.50. The van der Waals surface area contributed by atoms with Gasteiger partial charge in [-0.3, -0.25) is 0 Å². The molecule has 2 aliphatic heterocycles. The number of hydrogen-bond donors (Lipinski definition) is 0. The van der Waals surface area contributed by atoms with Crippen molar-refractivity contribution < 1.29 is 9.47 Å². The molecule has 4 aromatic carbocycles. The van der Waals surface area contributed by atoms with Gasteiger partial charge in [-0.2, -0.15) is 0 Å². The molecule has 0 aliphatic carbocycles. The fraction of sp³-hybridized carbons (Fsp3) is 0.143. The molecule has 6 heteroatoms. The van der Waals surface area contributed by atoms with E-state index >= 15 is 0 Å². The molecule has 4 nitrogen and oxygen atoms in total. The smallest absolute Gasteiger partial charge is 0.161 e. The Balaban J connectivity index is 1.09. The second-order valence-corrected chi connectivity index (χ2v) is 10.6. The third kappa shape index (κ3) is 4.56. The van der Waals surface area contributed by atoms with E-state index in [9.17, 15) is 0 Å². The van der Waals surface area contributed by atoms with E-state index in [4.69, 9.17) is 9.47 Å². The van der Waals surface area contributed by atoms with Gasteiger partial charge in [0, 0.05) is 45.4 Å². The minimum Gasteiger partial charge on any atom is -0.473 e. The van der Waals surface area contributed by atoms with Crippen molar-refractivity contribution in [2.75, 3.05) is 23.3 Å². The molecule has 2 heterocycles. The summed E-state index contributed by atoms with van der Waals surface area (Å²) < 4.78 is 12.2. The summed E-state index contributed by atoms with van der Waals surface area (Å²) in [5, 5.41) is 0. The van der Waals surface area contributed by atoms with E-state index in [2.05, 4.69) is 94.7 Å². The standard InChI is InChI=1S/C28H24N2O2S2/c1-3-7-23(8-4-1)29-17-21-11-13-25(15-27(21)31-19-29)33-34-26-14-12-22-18-30(20-32-28(22)16-26)24-9-5-2-6-10-24/h1-16H,17-20H2. The lowest BCUT2D eigenvalue weighted by Gasteiger charge is -2.31. The third-order valence-electron chi connectivity index (χ3n) is 6.03. The number of fused-ring (bicyclic) bond motifs is 2. The van der Waals surface area contributed by atoms with E-state index < -0.39 is 0 Å². The van der Waals surface area contributed by atoms with Crippen LogP contribution in [-0.4, -0.2) is 13.5 Å². The molecule has 0 bridgehead atoms. The van der Waals surface area contributed by atoms with Gasteiger partial charge in [0.15, 0.2) is 13.5 Å². The topological polar surface area (TPSA) is 24.9 Å². The van der Waals surface area contributed by atoms with E-state index in [-0.39, 0.29) is 0 Å². The summed E-state index contributed by atoms with van der Waals surface area (Å²) in [5.41, 5.74) is 4.80. The van der Waals surface area contributed by atoms with Crippen LogP contribution in [0.15, 0.2) is 107 Å². The van der Waals surface area contributed by atoms with Gasteiger partial charge in [-0.15, -0.1) is 0 Å². The lowest BCUT2D eigenvalue weighted by Crippen LogP contribution is -2.31. The Morgan fingerprint density at radius 1 is 0.529 bits per heavy atom. The molecular formula is C28H24N2O2S2. The first-order chi connectivity index (χ1) is 16.8. The number of para-hydroxylation sites is 2. The van der Waals surface area contributed by atoms with Crippen molar-refractivity contribution in [1.82, 2.24) is 0 Å². The molecule has 0 atom stereocenters. The number of hydrogen-bond acceptors (Lipinski definition) is 6. The quantitative estimate of drug-likeness (QED) is 0.278. The fourth-order valence-electron chi connectivity index (χ4n) is 4.21. The highest BCUT2D eigenvalue weighted by Gasteiger charge is 2.20. The minimum absolute atomic E-state index is 0.570. The largest absolute Gasteiger partial charge is 0.473 e. The van der Waals surface area contributed by atoms with Crippen LogP contribution in [0.1, 0.15) is 11.1 Å². The highest BCUT2D eigenvalue weighted by atomic mass is 33.1. The van der Waals surface area contributed by atoms with Crippen LogP contribution in [0.4, 0.5) is 11.4 Å². The minimum atomic E-state index is 0.570. The zero-order valence-corrected chi connectivity index (χ0v) is 20.2. The van der Waals surface area contributed by atoms with Gasteiger partial charge in [0.1, 0.15) is 11.5 Å². The van der Waals surface area contributed by atoms with Crippen molar-refractivity contribution >= 4 is 33.0 Å². The second-order valence-electron chi connectivity index (χ2n) is 8.32. The predicted octanol–water partition coefficient (Wildman–Crippen LogP) is 7.20. The molecule has 0 radical (unpaired) electrons. The number of rotatable bonds is 5. The molecule has 0 amide bonds. The van der Waals surface area contributed by atoms with Crippen LogP contribution in [0, 0.1) is 0 Å². The van der Waals surface area contributed by atoms with Gasteiger partial charge in [0.05, 0.1) is 0 Å². The van der Waals surface area contributed by atoms with Gasteiger partial charge in [-0.1, -0.05) is 70.1 Å². The normalized spacial score (nSPS) is 14.6. The van der Waals surface area contributed by atoms with Crippen molar-refractivity contribution in [3.05, 3.63) is 108 Å². The average molecular weight is 485 g/mol. The zero-order chi connectivity index (χ0) is 22.7. The van der Waals surface area contributed by atoms with Crippen LogP contribution < -0.4 is 19.3 Å². The molecule has 0 N–H and O–H groups in total. The Morgan fingerprint density at radius 2 is 0.971 bits per heavy atom. The molecule has 170 valence electrons. The molecule has 0 aromatic heterocycles. The number of benzene rings is 4. The number of anilines is 2. The van der Waals surface area contributed by atoms with Crippen molar-refractivity contribution in [3.8, 4) is 11.5 Å². The summed E-state index contributed by atoms with van der Waals surface area (Å²) in [5.74, 6) is 1.96. The third-order valence-corrected chi connectivity index (χ3v) is 8.41. The highest BCUT2D eigenvalue weighted by molar-refractivity contribution is 8.76. The Hall–Kier alpha value is -3.22. The Labute approximate surface area is 207 Å². The predicted molar refractivity (Wildman–Crippen MR) is 141 cm³/mol. The van der Waals surface area contributed by atoms with E-state index in [1.807, 2.05) is 12.1 Å². The first kappa shape index (κ1) is 21.3. The van der Waals surface area contributed by atoms with Crippen molar-refractivity contribution in [1.29, 1.82) is 0 Å². The molecule has 0 fully saturated rings. The molecule has 0 unspecified atom stereocenters. The van der Waals surface area contributed by atoms with E-state index in [1.165, 1.54) is 32.3 Å². The molecular weight excluding hydrogens is 460 g/mol. The molecule has 34 heavy (non-hydrogen) atoms. The highest BCUT2D eigenvalue weighted by Crippen LogP contribution is 2.42. The van der Waals surface area contributed by atoms with Gasteiger partial charge >= 0.3 is 0 Å². The second kappa shape index (κ2) is 9.57. The van der Waals surface area contributed by atoms with E-state index in [1.54, 1.807) is 21.6 Å². The molecule has 2 aliphatic rings. The number of nitrogens with zero attached hydrogens (tertiary/aromatic N) is 2. The van der Waals surface area contributed by atoms with Crippen LogP contribution in [0.5, 0.6) is 11.5 Å². The van der Waals surface area contributed by atoms with Crippen LogP contribution in [-0.2, 0) is 13.1 Å². The molecule has 6 rings (SSSR count). The lowest BCUT2D eigenvalue weighted by molar-refractivity contribution is 0.288. The maximum Gasteiger partial charge on any atom is 0.161 e. The summed E-state index contributed by atoms with van der Waals surface area (Å²) >= 11 is 0. The number of ether oxygens (including phenoxy) is 2. The van der Waals surface area contributed by atoms with Gasteiger partial charge in [0.25, 0.3) is 0 Å². The molecule has 4 aromatic rings. The molecule has 0 saturated heterocycles. The Morgan fingerprint density at radius 3 is 1.41 bits per heavy atom. The summed E-state index contributed by atoms with van der Waals surface area (Å²) in [6.45, 7) is 2.86. The Bertz CT molecular complexity index is 1180. The van der Waals surface area contributed by atoms with Crippen molar-refractivity contribution in [2.24, 2.45) is 0 Å². The molecule has 0 spiro atoms. The van der Waals surface area contributed by atoms with Crippen LogP contribution in [0.2, 0.25) is 0 Å². The first-order valence-electron chi connectivity index (χ1n) is 11.3. The summed E-state index contributed by atoms with van der Waals surface area (Å²) in [6.07, 6.45) is 0. The summed E-state index contributed by atoms with van der Waals surface area (Å²) in [6, 6.07) is 33.9. The van der Waals surface area contributed by atoms with Crippen LogP contribution in [0.3, 0.4) is 0 Å². The van der Waals surface area contributed by atoms with Crippen molar-refractivity contribution in [3.63, 3.8) is 0 Å². The summed E-state index contributed by atoms with van der Waals surface area (Å²) in [4.78, 5) is 6.86. The maximum atomic E-state index is 6.08. The van der Waals surface area contributed by atoms with Gasteiger partial charge in [0.2, 0.25) is 0 Å². The van der Waals surface area contributed by atoms with Crippen LogP contribution >= 0.6 is 21.6 Å². The lowest BCUT2D eigenvalue weighted by atomic mass is 10.1. The fourth-order valence-corrected chi connectivity index (χ4v) is 6.16. The van der Waals surface area contributed by atoms with Gasteiger partial charge in [-0.25, -0.2) is 0 Å². The van der Waals surface area contributed by atoms with E-state index in [0.717, 1.165) is 24.6 Å². The average Bonchev–Trinajstić information content (AvgIpc) is 2.92. The van der Waals surface area contributed by atoms with Crippen LogP contribution in [0.25, 0.3) is 0 Å². The SMILES string of the molecule is c1ccc(N2COc3cc(SSc4ccc5c(c4)OCN(c4ccccc4)C5)ccc3C2)cc1. The zero-order valence-electron chi connectivity index (χ0n) is 18.6. The van der Waals surface area contributed by atoms with Gasteiger partial charge in [-0.05, 0) is 48.5 Å². The van der Waals surface area contributed by atoms with Gasteiger partial charge < -0.3 is 19.3 Å². The van der Waals surface area contributed by atoms with E-state index in [0.29, 0.717) is 13.5 Å². The molecule has 0 saturated carbocycles. The monoisotopic (exact) mass is 484 g/mol. The Kier molecular flexibility index (Phi) is 6.00.